The van der Waals surface area contributed by atoms with Gasteiger partial charge in [-0.1, -0.05) is 18.5 Å². The summed E-state index contributed by atoms with van der Waals surface area (Å²) in [5, 5.41) is 0.642. The summed E-state index contributed by atoms with van der Waals surface area (Å²) in [7, 11) is 1.63. The molecule has 0 bridgehead atoms. The van der Waals surface area contributed by atoms with Crippen molar-refractivity contribution in [2.45, 2.75) is 20.3 Å². The van der Waals surface area contributed by atoms with Crippen LogP contribution in [-0.4, -0.2) is 20.3 Å². The van der Waals surface area contributed by atoms with Gasteiger partial charge in [-0.3, -0.25) is 0 Å². The summed E-state index contributed by atoms with van der Waals surface area (Å²) >= 11 is 6.18. The maximum atomic E-state index is 6.18. The minimum Gasteiger partial charge on any atom is -0.493 e. The molecule has 0 heterocycles. The van der Waals surface area contributed by atoms with Crippen molar-refractivity contribution in [2.24, 2.45) is 5.73 Å². The molecule has 0 aliphatic carbocycles. The third-order valence-corrected chi connectivity index (χ3v) is 2.92. The number of halogens is 1. The summed E-state index contributed by atoms with van der Waals surface area (Å²) in [6.07, 6.45) is 0.943. The van der Waals surface area contributed by atoms with Gasteiger partial charge in [0.05, 0.1) is 24.5 Å². The Hall–Kier alpha value is -0.930. The largest absolute Gasteiger partial charge is 0.493 e. The van der Waals surface area contributed by atoms with Crippen molar-refractivity contribution < 1.29 is 4.74 Å². The topological polar surface area (TPSA) is 38.5 Å². The Morgan fingerprint density at radius 3 is 2.50 bits per heavy atom. The molecule has 4 heteroatoms. The second-order valence-electron chi connectivity index (χ2n) is 3.52. The first-order valence-corrected chi connectivity index (χ1v) is 5.87. The third kappa shape index (κ3) is 2.60. The normalized spacial score (nSPS) is 10.3. The third-order valence-electron chi connectivity index (χ3n) is 2.64. The molecule has 1 aromatic rings. The van der Waals surface area contributed by atoms with Crippen LogP contribution in [0.4, 0.5) is 5.69 Å². The minimum atomic E-state index is 0.455. The first-order chi connectivity index (χ1) is 7.67. The van der Waals surface area contributed by atoms with E-state index < -0.39 is 0 Å². The zero-order valence-electron chi connectivity index (χ0n) is 10.1. The van der Waals surface area contributed by atoms with Crippen LogP contribution in [0.25, 0.3) is 0 Å². The van der Waals surface area contributed by atoms with E-state index in [1.807, 2.05) is 11.0 Å². The van der Waals surface area contributed by atoms with Gasteiger partial charge in [0.1, 0.15) is 0 Å². The lowest BCUT2D eigenvalue weighted by Crippen LogP contribution is -2.30. The molecule has 0 unspecified atom stereocenters. The molecule has 0 fully saturated rings. The molecular weight excluding hydrogens is 224 g/mol. The van der Waals surface area contributed by atoms with Crippen molar-refractivity contribution in [2.75, 3.05) is 25.2 Å². The number of methoxy groups -OCH3 is 1. The van der Waals surface area contributed by atoms with Gasteiger partial charge in [0, 0.05) is 6.54 Å². The number of nitrogens with zero attached hydrogens (tertiary/aromatic N) is 1. The van der Waals surface area contributed by atoms with Gasteiger partial charge in [-0.15, -0.1) is 0 Å². The summed E-state index contributed by atoms with van der Waals surface area (Å²) in [5.41, 5.74) is 7.86. The molecule has 0 aliphatic heterocycles. The quantitative estimate of drug-likeness (QED) is 0.807. The second-order valence-corrected chi connectivity index (χ2v) is 3.93. The van der Waals surface area contributed by atoms with Gasteiger partial charge < -0.3 is 15.4 Å². The summed E-state index contributed by atoms with van der Waals surface area (Å²) in [6, 6.07) is 4.02. The number of hydrogen-bond donors (Lipinski definition) is 1. The Morgan fingerprint density at radius 2 is 2.06 bits per heavy atom. The maximum Gasteiger partial charge on any atom is 0.160 e. The van der Waals surface area contributed by atoms with Gasteiger partial charge in [0.15, 0.2) is 5.75 Å². The smallest absolute Gasteiger partial charge is 0.160 e. The Kier molecular flexibility index (Phi) is 4.90. The molecule has 0 radical (unpaired) electrons. The van der Waals surface area contributed by atoms with Crippen LogP contribution < -0.4 is 15.4 Å². The van der Waals surface area contributed by atoms with E-state index in [4.69, 9.17) is 22.1 Å². The van der Waals surface area contributed by atoms with Crippen LogP contribution in [-0.2, 0) is 6.42 Å². The molecule has 0 atom stereocenters. The Labute approximate surface area is 102 Å². The highest BCUT2D eigenvalue weighted by Crippen LogP contribution is 2.36. The summed E-state index contributed by atoms with van der Waals surface area (Å²) in [6.45, 7) is 5.44. The number of hydrogen-bond acceptors (Lipinski definition) is 3. The van der Waals surface area contributed by atoms with E-state index in [0.717, 1.165) is 18.7 Å². The molecule has 2 N–H and O–H groups in total. The fraction of sp³-hybridized carbons (Fsp3) is 0.500. The predicted molar refractivity (Wildman–Crippen MR) is 69.5 cm³/mol. The van der Waals surface area contributed by atoms with Crippen LogP contribution in [0.15, 0.2) is 12.1 Å². The molecule has 0 aromatic heterocycles. The summed E-state index contributed by atoms with van der Waals surface area (Å²) < 4.78 is 5.33. The van der Waals surface area contributed by atoms with Gasteiger partial charge in [-0.05, 0) is 31.0 Å². The average molecular weight is 243 g/mol. The second kappa shape index (κ2) is 5.97. The lowest BCUT2D eigenvalue weighted by molar-refractivity contribution is 0.414. The zero-order chi connectivity index (χ0) is 12.1. The Bertz CT molecular complexity index is 351. The number of benzene rings is 1. The van der Waals surface area contributed by atoms with E-state index in [2.05, 4.69) is 19.9 Å². The highest BCUT2D eigenvalue weighted by molar-refractivity contribution is 6.32. The van der Waals surface area contributed by atoms with Crippen LogP contribution in [0.2, 0.25) is 5.02 Å². The summed E-state index contributed by atoms with van der Waals surface area (Å²) in [4.78, 5) is 2.03. The zero-order valence-corrected chi connectivity index (χ0v) is 10.8. The molecular formula is C12H19ClN2O. The molecule has 0 amide bonds. The standard InChI is InChI=1S/C12H19ClN2O/c1-4-9-6-10(13)12(16-3)11(7-9)15(5-2)8-14/h6-7H,4-5,8,14H2,1-3H3. The van der Waals surface area contributed by atoms with Crippen molar-refractivity contribution in [3.8, 4) is 5.75 Å². The van der Waals surface area contributed by atoms with E-state index in [-0.39, 0.29) is 0 Å². The van der Waals surface area contributed by atoms with Crippen LogP contribution >= 0.6 is 11.6 Å². The van der Waals surface area contributed by atoms with Crippen molar-refractivity contribution in [1.29, 1.82) is 0 Å². The molecule has 0 aliphatic rings. The lowest BCUT2D eigenvalue weighted by atomic mass is 10.1. The van der Waals surface area contributed by atoms with E-state index in [1.165, 1.54) is 5.56 Å². The van der Waals surface area contributed by atoms with Gasteiger partial charge in [0.2, 0.25) is 0 Å². The monoisotopic (exact) mass is 242 g/mol. The average Bonchev–Trinajstić information content (AvgIpc) is 2.30. The van der Waals surface area contributed by atoms with Crippen molar-refractivity contribution >= 4 is 17.3 Å². The number of aryl methyl sites for hydroxylation is 1. The van der Waals surface area contributed by atoms with E-state index >= 15 is 0 Å². The van der Waals surface area contributed by atoms with Crippen molar-refractivity contribution in [3.63, 3.8) is 0 Å². The highest BCUT2D eigenvalue weighted by Gasteiger charge is 2.14. The fourth-order valence-electron chi connectivity index (χ4n) is 1.67. The predicted octanol–water partition coefficient (Wildman–Crippen LogP) is 2.65. The first kappa shape index (κ1) is 13.1. The molecule has 1 rings (SSSR count). The molecule has 0 spiro atoms. The molecule has 0 saturated heterocycles. The Balaban J connectivity index is 3.26. The number of nitrogens with two attached hydrogens (primary N) is 1. The van der Waals surface area contributed by atoms with Gasteiger partial charge in [0.25, 0.3) is 0 Å². The van der Waals surface area contributed by atoms with Crippen LogP contribution in [0.5, 0.6) is 5.75 Å². The van der Waals surface area contributed by atoms with E-state index in [1.54, 1.807) is 7.11 Å². The van der Waals surface area contributed by atoms with Crippen LogP contribution in [0, 0.1) is 0 Å². The lowest BCUT2D eigenvalue weighted by Gasteiger charge is -2.24. The highest BCUT2D eigenvalue weighted by atomic mass is 35.5. The van der Waals surface area contributed by atoms with Gasteiger partial charge in [-0.25, -0.2) is 0 Å². The molecule has 90 valence electrons. The Morgan fingerprint density at radius 1 is 1.38 bits per heavy atom. The van der Waals surface area contributed by atoms with Crippen molar-refractivity contribution in [1.82, 2.24) is 0 Å². The SMILES string of the molecule is CCc1cc(Cl)c(OC)c(N(CC)CN)c1. The molecule has 0 saturated carbocycles. The van der Waals surface area contributed by atoms with Gasteiger partial charge >= 0.3 is 0 Å². The molecule has 1 aromatic carbocycles. The van der Waals surface area contributed by atoms with Crippen LogP contribution in [0.3, 0.4) is 0 Å². The molecule has 3 nitrogen and oxygen atoms in total. The summed E-state index contributed by atoms with van der Waals surface area (Å²) in [5.74, 6) is 0.700. The van der Waals surface area contributed by atoms with Crippen molar-refractivity contribution in [3.05, 3.63) is 22.7 Å². The van der Waals surface area contributed by atoms with E-state index in [9.17, 15) is 0 Å². The number of rotatable bonds is 5. The number of anilines is 1. The molecule has 16 heavy (non-hydrogen) atoms. The maximum absolute atomic E-state index is 6.18. The number of ether oxygens (including phenoxy) is 1. The van der Waals surface area contributed by atoms with Crippen LogP contribution in [0.1, 0.15) is 19.4 Å². The minimum absolute atomic E-state index is 0.455. The fourth-order valence-corrected chi connectivity index (χ4v) is 1.99. The van der Waals surface area contributed by atoms with Gasteiger partial charge in [-0.2, -0.15) is 0 Å². The first-order valence-electron chi connectivity index (χ1n) is 5.49. The van der Waals surface area contributed by atoms with E-state index in [0.29, 0.717) is 17.4 Å².